The molecule has 0 atom stereocenters. The van der Waals surface area contributed by atoms with E-state index >= 15 is 0 Å². The number of fused-ring (bicyclic) bond motifs is 1. The SMILES string of the molecule is O=C(COC(=O)CCC(=O)c1ccc2c(c1)OCCO2)Nc1ccccc1C(=O)NC1CCCC1. The highest BCUT2D eigenvalue weighted by Gasteiger charge is 2.21. The lowest BCUT2D eigenvalue weighted by atomic mass is 10.1. The van der Waals surface area contributed by atoms with Gasteiger partial charge in [0.15, 0.2) is 23.9 Å². The van der Waals surface area contributed by atoms with Crippen LogP contribution in [0, 0.1) is 0 Å². The molecule has 1 saturated carbocycles. The van der Waals surface area contributed by atoms with Crippen molar-refractivity contribution in [2.45, 2.75) is 44.6 Å². The van der Waals surface area contributed by atoms with Crippen LogP contribution in [0.2, 0.25) is 0 Å². The molecule has 0 spiro atoms. The minimum atomic E-state index is -0.668. The highest BCUT2D eigenvalue weighted by molar-refractivity contribution is 6.04. The number of nitrogens with one attached hydrogen (secondary N) is 2. The number of para-hydroxylation sites is 1. The zero-order valence-corrected chi connectivity index (χ0v) is 19.3. The monoisotopic (exact) mass is 480 g/mol. The fourth-order valence-corrected chi connectivity index (χ4v) is 4.10. The number of Topliss-reactive ketones (excluding diaryl/α,β-unsaturated/α-hetero) is 1. The van der Waals surface area contributed by atoms with Crippen molar-refractivity contribution in [2.24, 2.45) is 0 Å². The second kappa shape index (κ2) is 11.5. The number of rotatable bonds is 9. The van der Waals surface area contributed by atoms with Crippen LogP contribution in [0.5, 0.6) is 11.5 Å². The number of hydrogen-bond donors (Lipinski definition) is 2. The number of carbonyl (C=O) groups excluding carboxylic acids is 4. The number of esters is 1. The lowest BCUT2D eigenvalue weighted by molar-refractivity contribution is -0.147. The predicted octanol–water partition coefficient (Wildman–Crippen LogP) is 3.28. The van der Waals surface area contributed by atoms with Gasteiger partial charge in [-0.15, -0.1) is 0 Å². The van der Waals surface area contributed by atoms with Gasteiger partial charge in [0.1, 0.15) is 13.2 Å². The summed E-state index contributed by atoms with van der Waals surface area (Å²) in [6, 6.07) is 11.7. The number of ether oxygens (including phenoxy) is 3. The topological polar surface area (TPSA) is 120 Å². The van der Waals surface area contributed by atoms with Gasteiger partial charge in [-0.05, 0) is 43.2 Å². The molecule has 2 aromatic rings. The molecular weight excluding hydrogens is 452 g/mol. The summed E-state index contributed by atoms with van der Waals surface area (Å²) >= 11 is 0. The minimum absolute atomic E-state index is 0.0652. The Labute approximate surface area is 203 Å². The number of ketones is 1. The molecule has 1 heterocycles. The first-order valence-corrected chi connectivity index (χ1v) is 11.8. The average Bonchev–Trinajstić information content (AvgIpc) is 3.39. The van der Waals surface area contributed by atoms with Gasteiger partial charge in [-0.25, -0.2) is 0 Å². The van der Waals surface area contributed by atoms with Crippen molar-refractivity contribution >= 4 is 29.3 Å². The minimum Gasteiger partial charge on any atom is -0.486 e. The Kier molecular flexibility index (Phi) is 7.97. The molecule has 2 aliphatic rings. The van der Waals surface area contributed by atoms with Crippen LogP contribution < -0.4 is 20.1 Å². The molecule has 9 heteroatoms. The maximum absolute atomic E-state index is 12.6. The zero-order valence-electron chi connectivity index (χ0n) is 19.3. The maximum atomic E-state index is 12.6. The molecule has 0 saturated heterocycles. The molecule has 4 rings (SSSR count). The molecule has 9 nitrogen and oxygen atoms in total. The molecule has 0 bridgehead atoms. The van der Waals surface area contributed by atoms with Crippen molar-refractivity contribution in [1.29, 1.82) is 0 Å². The third-order valence-electron chi connectivity index (χ3n) is 5.92. The van der Waals surface area contributed by atoms with Gasteiger partial charge in [-0.1, -0.05) is 25.0 Å². The van der Waals surface area contributed by atoms with Gasteiger partial charge in [0.05, 0.1) is 17.7 Å². The molecule has 1 aliphatic carbocycles. The third kappa shape index (κ3) is 6.59. The van der Waals surface area contributed by atoms with Crippen molar-refractivity contribution in [3.05, 3.63) is 53.6 Å². The van der Waals surface area contributed by atoms with E-state index in [1.807, 2.05) is 0 Å². The second-order valence-electron chi connectivity index (χ2n) is 8.49. The molecule has 2 N–H and O–H groups in total. The summed E-state index contributed by atoms with van der Waals surface area (Å²) in [6.07, 6.45) is 3.86. The fourth-order valence-electron chi connectivity index (χ4n) is 4.10. The van der Waals surface area contributed by atoms with Gasteiger partial charge in [0, 0.05) is 18.0 Å². The van der Waals surface area contributed by atoms with E-state index in [9.17, 15) is 19.2 Å². The lowest BCUT2D eigenvalue weighted by Gasteiger charge is -2.18. The Balaban J connectivity index is 1.23. The highest BCUT2D eigenvalue weighted by Crippen LogP contribution is 2.31. The zero-order chi connectivity index (χ0) is 24.6. The van der Waals surface area contributed by atoms with Crippen LogP contribution in [0.3, 0.4) is 0 Å². The van der Waals surface area contributed by atoms with Crippen molar-refractivity contribution < 1.29 is 33.4 Å². The first kappa shape index (κ1) is 24.3. The number of benzene rings is 2. The van der Waals surface area contributed by atoms with Crippen LogP contribution in [0.25, 0.3) is 0 Å². The van der Waals surface area contributed by atoms with Crippen LogP contribution in [0.4, 0.5) is 5.69 Å². The predicted molar refractivity (Wildman–Crippen MR) is 127 cm³/mol. The van der Waals surface area contributed by atoms with Gasteiger partial charge in [0.2, 0.25) is 0 Å². The molecule has 2 aromatic carbocycles. The van der Waals surface area contributed by atoms with E-state index in [0.717, 1.165) is 25.7 Å². The molecule has 0 aromatic heterocycles. The largest absolute Gasteiger partial charge is 0.486 e. The first-order chi connectivity index (χ1) is 17.0. The summed E-state index contributed by atoms with van der Waals surface area (Å²) in [7, 11) is 0. The molecule has 1 fully saturated rings. The first-order valence-electron chi connectivity index (χ1n) is 11.8. The van der Waals surface area contributed by atoms with E-state index in [1.54, 1.807) is 42.5 Å². The van der Waals surface area contributed by atoms with Crippen LogP contribution >= 0.6 is 0 Å². The molecule has 1 aliphatic heterocycles. The normalized spacial score (nSPS) is 14.7. The molecular formula is C26H28N2O7. The maximum Gasteiger partial charge on any atom is 0.306 e. The van der Waals surface area contributed by atoms with E-state index in [-0.39, 0.29) is 30.6 Å². The summed E-state index contributed by atoms with van der Waals surface area (Å²) in [6.45, 7) is 0.350. The van der Waals surface area contributed by atoms with E-state index < -0.39 is 18.5 Å². The molecule has 2 amide bonds. The summed E-state index contributed by atoms with van der Waals surface area (Å²) in [4.78, 5) is 49.4. The van der Waals surface area contributed by atoms with E-state index in [4.69, 9.17) is 14.2 Å². The summed E-state index contributed by atoms with van der Waals surface area (Å²) in [5.41, 5.74) is 1.11. The Morgan fingerprint density at radius 3 is 2.46 bits per heavy atom. The van der Waals surface area contributed by atoms with Gasteiger partial charge >= 0.3 is 5.97 Å². The van der Waals surface area contributed by atoms with Crippen molar-refractivity contribution in [3.63, 3.8) is 0 Å². The second-order valence-corrected chi connectivity index (χ2v) is 8.49. The van der Waals surface area contributed by atoms with Gasteiger partial charge in [0.25, 0.3) is 11.8 Å². The van der Waals surface area contributed by atoms with Crippen LogP contribution in [0.15, 0.2) is 42.5 Å². The summed E-state index contributed by atoms with van der Waals surface area (Å²) in [5.74, 6) is -0.654. The lowest BCUT2D eigenvalue weighted by Crippen LogP contribution is -2.33. The third-order valence-corrected chi connectivity index (χ3v) is 5.92. The fraction of sp³-hybridized carbons (Fsp3) is 0.385. The summed E-state index contributed by atoms with van der Waals surface area (Å²) in [5, 5.41) is 5.62. The van der Waals surface area contributed by atoms with Gasteiger partial charge in [-0.2, -0.15) is 0 Å². The standard InChI is InChI=1S/C26H28N2O7/c29-21(17-9-11-22-23(15-17)34-14-13-33-22)10-12-25(31)35-16-24(30)28-20-8-4-3-7-19(20)26(32)27-18-5-1-2-6-18/h3-4,7-9,11,15,18H,1-2,5-6,10,12-14,16H2,(H,27,32)(H,28,30). The van der Waals surface area contributed by atoms with E-state index in [0.29, 0.717) is 41.5 Å². The van der Waals surface area contributed by atoms with E-state index in [1.165, 1.54) is 0 Å². The van der Waals surface area contributed by atoms with Crippen molar-refractivity contribution in [2.75, 3.05) is 25.1 Å². The number of carbonyl (C=O) groups is 4. The van der Waals surface area contributed by atoms with E-state index in [2.05, 4.69) is 10.6 Å². The Morgan fingerprint density at radius 2 is 1.66 bits per heavy atom. The Morgan fingerprint density at radius 1 is 0.914 bits per heavy atom. The molecule has 0 unspecified atom stereocenters. The smallest absolute Gasteiger partial charge is 0.306 e. The van der Waals surface area contributed by atoms with Crippen molar-refractivity contribution in [3.8, 4) is 11.5 Å². The number of amides is 2. The van der Waals surface area contributed by atoms with Crippen molar-refractivity contribution in [1.82, 2.24) is 5.32 Å². The number of anilines is 1. The number of hydrogen-bond acceptors (Lipinski definition) is 7. The highest BCUT2D eigenvalue weighted by atomic mass is 16.6. The Bertz CT molecular complexity index is 1110. The van der Waals surface area contributed by atoms with Crippen LogP contribution in [-0.2, 0) is 14.3 Å². The Hall–Kier alpha value is -3.88. The van der Waals surface area contributed by atoms with Crippen LogP contribution in [0.1, 0.15) is 59.2 Å². The average molecular weight is 481 g/mol. The quantitative estimate of drug-likeness (QED) is 0.417. The molecule has 0 radical (unpaired) electrons. The molecule has 184 valence electrons. The van der Waals surface area contributed by atoms with Gasteiger partial charge in [-0.3, -0.25) is 19.2 Å². The summed E-state index contributed by atoms with van der Waals surface area (Å²) < 4.78 is 15.9. The van der Waals surface area contributed by atoms with Gasteiger partial charge < -0.3 is 24.8 Å². The molecule has 35 heavy (non-hydrogen) atoms. The van der Waals surface area contributed by atoms with Crippen LogP contribution in [-0.4, -0.2) is 49.4 Å².